The van der Waals surface area contributed by atoms with E-state index < -0.39 is 0 Å². The monoisotopic (exact) mass is 407 g/mol. The Morgan fingerprint density at radius 2 is 1.68 bits per heavy atom. The van der Waals surface area contributed by atoms with Crippen molar-refractivity contribution in [3.8, 4) is 21.1 Å². The van der Waals surface area contributed by atoms with Crippen molar-refractivity contribution in [2.45, 2.75) is 6.92 Å². The molecule has 0 bridgehead atoms. The number of thiazole rings is 2. The summed E-state index contributed by atoms with van der Waals surface area (Å²) in [5.41, 5.74) is 9.03. The number of carbonyl (C=O) groups excluding carboxylic acids is 1. The third-order valence-corrected chi connectivity index (χ3v) is 5.86. The zero-order valence-electron chi connectivity index (χ0n) is 15.0. The Morgan fingerprint density at radius 3 is 2.43 bits per heavy atom. The van der Waals surface area contributed by atoms with Crippen LogP contribution in [-0.2, 0) is 0 Å². The first-order valence-corrected chi connectivity index (χ1v) is 10.3. The van der Waals surface area contributed by atoms with Crippen molar-refractivity contribution in [2.24, 2.45) is 0 Å². The SMILES string of the molecule is Cc1nc(-c2ccccc2)sc1-c1csc(NNC(=O)Nc2ccccc2)n1. The highest BCUT2D eigenvalue weighted by Gasteiger charge is 2.14. The number of hydrogen-bond acceptors (Lipinski definition) is 6. The molecule has 2 aromatic heterocycles. The lowest BCUT2D eigenvalue weighted by Gasteiger charge is -2.07. The summed E-state index contributed by atoms with van der Waals surface area (Å²) >= 11 is 3.03. The minimum atomic E-state index is -0.358. The summed E-state index contributed by atoms with van der Waals surface area (Å²) in [5.74, 6) is 0. The fourth-order valence-corrected chi connectivity index (χ4v) is 4.33. The summed E-state index contributed by atoms with van der Waals surface area (Å²) in [6.07, 6.45) is 0. The first kappa shape index (κ1) is 18.1. The van der Waals surface area contributed by atoms with Crippen LogP contribution in [0.4, 0.5) is 15.6 Å². The van der Waals surface area contributed by atoms with Crippen molar-refractivity contribution in [1.82, 2.24) is 15.4 Å². The average molecular weight is 408 g/mol. The van der Waals surface area contributed by atoms with E-state index in [-0.39, 0.29) is 6.03 Å². The van der Waals surface area contributed by atoms with Crippen LogP contribution in [0.5, 0.6) is 0 Å². The van der Waals surface area contributed by atoms with Crippen LogP contribution in [0.15, 0.2) is 66.0 Å². The number of para-hydroxylation sites is 1. The second-order valence-corrected chi connectivity index (χ2v) is 7.76. The summed E-state index contributed by atoms with van der Waals surface area (Å²) in [6, 6.07) is 19.0. The van der Waals surface area contributed by atoms with Crippen LogP contribution in [0.3, 0.4) is 0 Å². The summed E-state index contributed by atoms with van der Waals surface area (Å²) < 4.78 is 0. The van der Waals surface area contributed by atoms with Gasteiger partial charge in [-0.15, -0.1) is 22.7 Å². The van der Waals surface area contributed by atoms with Gasteiger partial charge >= 0.3 is 6.03 Å². The lowest BCUT2D eigenvalue weighted by Crippen LogP contribution is -2.33. The van der Waals surface area contributed by atoms with Gasteiger partial charge < -0.3 is 5.32 Å². The smallest absolute Gasteiger partial charge is 0.307 e. The normalized spacial score (nSPS) is 10.5. The van der Waals surface area contributed by atoms with Gasteiger partial charge in [-0.25, -0.2) is 20.2 Å². The lowest BCUT2D eigenvalue weighted by molar-refractivity contribution is 0.254. The van der Waals surface area contributed by atoms with Crippen LogP contribution < -0.4 is 16.2 Å². The molecule has 3 N–H and O–H groups in total. The zero-order chi connectivity index (χ0) is 19.3. The maximum absolute atomic E-state index is 12.0. The molecular weight excluding hydrogens is 390 g/mol. The number of carbonyl (C=O) groups is 1. The van der Waals surface area contributed by atoms with Gasteiger partial charge in [0.1, 0.15) is 5.01 Å². The van der Waals surface area contributed by atoms with Crippen LogP contribution >= 0.6 is 22.7 Å². The molecule has 2 amide bonds. The predicted octanol–water partition coefficient (Wildman–Crippen LogP) is 5.39. The van der Waals surface area contributed by atoms with Crippen molar-refractivity contribution in [2.75, 3.05) is 10.7 Å². The number of hydrazine groups is 1. The van der Waals surface area contributed by atoms with E-state index in [9.17, 15) is 4.79 Å². The fourth-order valence-electron chi connectivity index (χ4n) is 2.57. The van der Waals surface area contributed by atoms with Gasteiger partial charge in [0.25, 0.3) is 0 Å². The molecule has 0 saturated heterocycles. The molecule has 2 heterocycles. The zero-order valence-corrected chi connectivity index (χ0v) is 16.6. The molecule has 0 radical (unpaired) electrons. The van der Waals surface area contributed by atoms with Gasteiger partial charge in [-0.1, -0.05) is 48.5 Å². The van der Waals surface area contributed by atoms with Gasteiger partial charge in [0.15, 0.2) is 0 Å². The summed E-state index contributed by atoms with van der Waals surface area (Å²) in [4.78, 5) is 22.2. The van der Waals surface area contributed by atoms with E-state index in [1.807, 2.05) is 73.0 Å². The van der Waals surface area contributed by atoms with Crippen LogP contribution in [-0.4, -0.2) is 16.0 Å². The predicted molar refractivity (Wildman–Crippen MR) is 116 cm³/mol. The molecule has 0 fully saturated rings. The first-order chi connectivity index (χ1) is 13.7. The molecule has 2 aromatic carbocycles. The Morgan fingerprint density at radius 1 is 0.964 bits per heavy atom. The number of anilines is 2. The van der Waals surface area contributed by atoms with Crippen LogP contribution in [0.25, 0.3) is 21.1 Å². The molecule has 0 spiro atoms. The number of hydrogen-bond donors (Lipinski definition) is 3. The second-order valence-electron chi connectivity index (χ2n) is 5.91. The van der Waals surface area contributed by atoms with Gasteiger partial charge in [0.05, 0.1) is 16.3 Å². The van der Waals surface area contributed by atoms with Crippen molar-refractivity contribution in [3.63, 3.8) is 0 Å². The van der Waals surface area contributed by atoms with Crippen molar-refractivity contribution < 1.29 is 4.79 Å². The molecule has 6 nitrogen and oxygen atoms in total. The Balaban J connectivity index is 1.42. The highest BCUT2D eigenvalue weighted by Crippen LogP contribution is 2.36. The van der Waals surface area contributed by atoms with E-state index in [0.29, 0.717) is 5.13 Å². The van der Waals surface area contributed by atoms with E-state index in [4.69, 9.17) is 0 Å². The Bertz CT molecular complexity index is 1080. The van der Waals surface area contributed by atoms with E-state index in [1.165, 1.54) is 11.3 Å². The van der Waals surface area contributed by atoms with Crippen molar-refractivity contribution in [1.29, 1.82) is 0 Å². The Labute approximate surface area is 170 Å². The lowest BCUT2D eigenvalue weighted by atomic mass is 10.2. The Kier molecular flexibility index (Phi) is 5.31. The van der Waals surface area contributed by atoms with Crippen LogP contribution in [0, 0.1) is 6.92 Å². The number of nitrogens with zero attached hydrogens (tertiary/aromatic N) is 2. The van der Waals surface area contributed by atoms with Crippen LogP contribution in [0.2, 0.25) is 0 Å². The molecule has 28 heavy (non-hydrogen) atoms. The van der Waals surface area contributed by atoms with Gasteiger partial charge in [-0.3, -0.25) is 5.43 Å². The van der Waals surface area contributed by atoms with E-state index in [0.717, 1.165) is 32.5 Å². The molecule has 0 aliphatic rings. The molecule has 0 aliphatic heterocycles. The highest BCUT2D eigenvalue weighted by molar-refractivity contribution is 7.19. The van der Waals surface area contributed by atoms with Crippen molar-refractivity contribution in [3.05, 3.63) is 71.7 Å². The fraction of sp³-hybridized carbons (Fsp3) is 0.0500. The number of aromatic nitrogens is 2. The average Bonchev–Trinajstić information content (AvgIpc) is 3.34. The minimum Gasteiger partial charge on any atom is -0.307 e. The standard InChI is InChI=1S/C20H17N5OS2/c1-13-17(28-18(21-13)14-8-4-2-5-9-14)16-12-27-20(23-16)25-24-19(26)22-15-10-6-3-7-11-15/h2-12H,1H3,(H,23,25)(H2,22,24,26). The quantitative estimate of drug-likeness (QED) is 0.388. The molecule has 4 rings (SSSR count). The number of rotatable bonds is 5. The van der Waals surface area contributed by atoms with Gasteiger partial charge in [0, 0.05) is 16.6 Å². The third kappa shape index (κ3) is 4.19. The first-order valence-electron chi connectivity index (χ1n) is 8.56. The topological polar surface area (TPSA) is 78.9 Å². The van der Waals surface area contributed by atoms with Crippen molar-refractivity contribution >= 4 is 39.5 Å². The molecule has 140 valence electrons. The Hall–Kier alpha value is -3.23. The second kappa shape index (κ2) is 8.20. The number of nitrogens with one attached hydrogen (secondary N) is 3. The molecular formula is C20H17N5OS2. The summed E-state index contributed by atoms with van der Waals surface area (Å²) in [7, 11) is 0. The summed E-state index contributed by atoms with van der Waals surface area (Å²) in [6.45, 7) is 1.98. The highest BCUT2D eigenvalue weighted by atomic mass is 32.1. The summed E-state index contributed by atoms with van der Waals surface area (Å²) in [5, 5.41) is 6.26. The largest absolute Gasteiger partial charge is 0.337 e. The van der Waals surface area contributed by atoms with Gasteiger partial charge in [-0.2, -0.15) is 0 Å². The molecule has 4 aromatic rings. The maximum Gasteiger partial charge on any atom is 0.337 e. The van der Waals surface area contributed by atoms with E-state index >= 15 is 0 Å². The number of urea groups is 1. The molecule has 0 saturated carbocycles. The maximum atomic E-state index is 12.0. The third-order valence-electron chi connectivity index (χ3n) is 3.87. The molecule has 0 atom stereocenters. The number of aryl methyl sites for hydroxylation is 1. The number of benzene rings is 2. The molecule has 8 heteroatoms. The van der Waals surface area contributed by atoms with Gasteiger partial charge in [-0.05, 0) is 19.1 Å². The van der Waals surface area contributed by atoms with Gasteiger partial charge in [0.2, 0.25) is 5.13 Å². The van der Waals surface area contributed by atoms with E-state index in [1.54, 1.807) is 11.3 Å². The molecule has 0 aliphatic carbocycles. The number of amides is 2. The minimum absolute atomic E-state index is 0.358. The van der Waals surface area contributed by atoms with Crippen LogP contribution in [0.1, 0.15) is 5.69 Å². The molecule has 0 unspecified atom stereocenters. The van der Waals surface area contributed by atoms with E-state index in [2.05, 4.69) is 26.1 Å².